The number of amides is 1. The second-order valence-corrected chi connectivity index (χ2v) is 10.5. The number of hydrogen-bond acceptors (Lipinski definition) is 5. The first-order chi connectivity index (χ1) is 19.0. The first-order valence-corrected chi connectivity index (χ1v) is 14.0. The van der Waals surface area contributed by atoms with Crippen molar-refractivity contribution in [2.45, 2.75) is 51.2 Å². The lowest BCUT2D eigenvalue weighted by atomic mass is 9.83. The van der Waals surface area contributed by atoms with E-state index in [9.17, 15) is 4.79 Å². The Labute approximate surface area is 233 Å². The van der Waals surface area contributed by atoms with Gasteiger partial charge in [0.1, 0.15) is 0 Å². The van der Waals surface area contributed by atoms with Crippen LogP contribution in [0.3, 0.4) is 0 Å². The molecule has 1 fully saturated rings. The monoisotopic (exact) mass is 530 g/mol. The van der Waals surface area contributed by atoms with Gasteiger partial charge >= 0.3 is 0 Å². The van der Waals surface area contributed by atoms with Crippen LogP contribution in [-0.4, -0.2) is 68.3 Å². The quantitative estimate of drug-likeness (QED) is 0.268. The number of benzene rings is 3. The highest BCUT2D eigenvalue weighted by atomic mass is 16.5. The molecule has 0 bridgehead atoms. The summed E-state index contributed by atoms with van der Waals surface area (Å²) in [6.07, 6.45) is 1.75. The Hall–Kier alpha value is -3.35. The van der Waals surface area contributed by atoms with Gasteiger partial charge in [-0.05, 0) is 56.1 Å². The zero-order valence-electron chi connectivity index (χ0n) is 23.7. The number of rotatable bonds is 12. The summed E-state index contributed by atoms with van der Waals surface area (Å²) in [5.41, 5.74) is 3.19. The zero-order chi connectivity index (χ0) is 27.6. The van der Waals surface area contributed by atoms with Crippen LogP contribution in [0.5, 0.6) is 11.5 Å². The van der Waals surface area contributed by atoms with Gasteiger partial charge in [0.05, 0.1) is 19.8 Å². The first kappa shape index (κ1) is 28.7. The third-order valence-electron chi connectivity index (χ3n) is 7.45. The molecule has 4 rings (SSSR count). The van der Waals surface area contributed by atoms with Crippen molar-refractivity contribution in [3.8, 4) is 11.5 Å². The first-order valence-electron chi connectivity index (χ1n) is 14.0. The van der Waals surface area contributed by atoms with E-state index in [0.717, 1.165) is 32.5 Å². The van der Waals surface area contributed by atoms with Gasteiger partial charge in [-0.15, -0.1) is 0 Å². The van der Waals surface area contributed by atoms with Crippen molar-refractivity contribution < 1.29 is 19.0 Å². The molecule has 3 aromatic rings. The topological polar surface area (TPSA) is 51.2 Å². The lowest BCUT2D eigenvalue weighted by molar-refractivity contribution is 0.0375. The number of piperidine rings is 1. The van der Waals surface area contributed by atoms with Gasteiger partial charge in [-0.1, -0.05) is 60.7 Å². The van der Waals surface area contributed by atoms with E-state index < -0.39 is 0 Å². The minimum atomic E-state index is 0.0156. The van der Waals surface area contributed by atoms with Crippen molar-refractivity contribution in [3.05, 3.63) is 95.6 Å². The standard InChI is InChI=1S/C33H42N2O4/c1-25(2)35(33(36)28-16-17-31(38-4)32(22-28)39-21-11-20-37-3)30-24-34(23-26-12-7-5-8-13-26)19-18-29(30)27-14-9-6-10-15-27/h5-10,12-17,22,25,29-30H,11,18-21,23-24H2,1-4H3. The Morgan fingerprint density at radius 1 is 0.949 bits per heavy atom. The molecule has 0 saturated carbocycles. The fourth-order valence-electron chi connectivity index (χ4n) is 5.58. The molecule has 208 valence electrons. The highest BCUT2D eigenvalue weighted by molar-refractivity contribution is 5.95. The van der Waals surface area contributed by atoms with E-state index in [-0.39, 0.29) is 23.9 Å². The van der Waals surface area contributed by atoms with Crippen LogP contribution in [0.4, 0.5) is 0 Å². The maximum atomic E-state index is 14.2. The molecule has 3 aromatic carbocycles. The second kappa shape index (κ2) is 14.2. The molecule has 0 aliphatic carbocycles. The fourth-order valence-corrected chi connectivity index (χ4v) is 5.58. The molecule has 1 saturated heterocycles. The van der Waals surface area contributed by atoms with Crippen LogP contribution in [0.15, 0.2) is 78.9 Å². The number of nitrogens with zero attached hydrogens (tertiary/aromatic N) is 2. The van der Waals surface area contributed by atoms with Crippen LogP contribution in [-0.2, 0) is 11.3 Å². The van der Waals surface area contributed by atoms with E-state index in [2.05, 4.69) is 84.3 Å². The molecule has 2 atom stereocenters. The highest BCUT2D eigenvalue weighted by Gasteiger charge is 2.38. The zero-order valence-corrected chi connectivity index (χ0v) is 23.7. The van der Waals surface area contributed by atoms with Crippen LogP contribution in [0.2, 0.25) is 0 Å². The molecule has 2 unspecified atom stereocenters. The molecule has 1 heterocycles. The normalized spacial score (nSPS) is 17.7. The molecule has 0 aromatic heterocycles. The number of carbonyl (C=O) groups excluding carboxylic acids is 1. The lowest BCUT2D eigenvalue weighted by Crippen LogP contribution is -2.55. The van der Waals surface area contributed by atoms with Crippen molar-refractivity contribution in [1.29, 1.82) is 0 Å². The maximum Gasteiger partial charge on any atom is 0.254 e. The van der Waals surface area contributed by atoms with Gasteiger partial charge in [-0.25, -0.2) is 0 Å². The molecular weight excluding hydrogens is 488 g/mol. The van der Waals surface area contributed by atoms with E-state index in [1.54, 1.807) is 14.2 Å². The smallest absolute Gasteiger partial charge is 0.254 e. The van der Waals surface area contributed by atoms with Crippen molar-refractivity contribution in [3.63, 3.8) is 0 Å². The predicted molar refractivity (Wildman–Crippen MR) is 156 cm³/mol. The molecule has 0 N–H and O–H groups in total. The van der Waals surface area contributed by atoms with Gasteiger partial charge in [-0.3, -0.25) is 9.69 Å². The van der Waals surface area contributed by atoms with Crippen LogP contribution < -0.4 is 9.47 Å². The minimum Gasteiger partial charge on any atom is -0.493 e. The Kier molecular flexibility index (Phi) is 10.4. The number of methoxy groups -OCH3 is 2. The summed E-state index contributed by atoms with van der Waals surface area (Å²) < 4.78 is 16.7. The Morgan fingerprint density at radius 3 is 2.33 bits per heavy atom. The largest absolute Gasteiger partial charge is 0.493 e. The fraction of sp³-hybridized carbons (Fsp3) is 0.424. The Bertz CT molecular complexity index is 1170. The van der Waals surface area contributed by atoms with E-state index in [0.29, 0.717) is 30.3 Å². The highest BCUT2D eigenvalue weighted by Crippen LogP contribution is 2.35. The summed E-state index contributed by atoms with van der Waals surface area (Å²) in [6.45, 7) is 8.01. The molecule has 1 amide bonds. The molecule has 39 heavy (non-hydrogen) atoms. The summed E-state index contributed by atoms with van der Waals surface area (Å²) in [5, 5.41) is 0. The van der Waals surface area contributed by atoms with Crippen LogP contribution in [0, 0.1) is 0 Å². The average molecular weight is 531 g/mol. The number of ether oxygens (including phenoxy) is 3. The maximum absolute atomic E-state index is 14.2. The van der Waals surface area contributed by atoms with Gasteiger partial charge < -0.3 is 19.1 Å². The van der Waals surface area contributed by atoms with Crippen LogP contribution in [0.1, 0.15) is 54.1 Å². The van der Waals surface area contributed by atoms with Gasteiger partial charge in [0.2, 0.25) is 0 Å². The van der Waals surface area contributed by atoms with Gasteiger partial charge in [-0.2, -0.15) is 0 Å². The molecule has 1 aliphatic rings. The van der Waals surface area contributed by atoms with E-state index in [1.807, 2.05) is 18.2 Å². The van der Waals surface area contributed by atoms with Crippen LogP contribution >= 0.6 is 0 Å². The summed E-state index contributed by atoms with van der Waals surface area (Å²) >= 11 is 0. The van der Waals surface area contributed by atoms with Crippen LogP contribution in [0.25, 0.3) is 0 Å². The molecular formula is C33H42N2O4. The number of carbonyl (C=O) groups is 1. The third-order valence-corrected chi connectivity index (χ3v) is 7.45. The summed E-state index contributed by atoms with van der Waals surface area (Å²) in [7, 11) is 3.29. The molecule has 6 nitrogen and oxygen atoms in total. The summed E-state index contributed by atoms with van der Waals surface area (Å²) in [5.74, 6) is 1.47. The number of hydrogen-bond donors (Lipinski definition) is 0. The van der Waals surface area contributed by atoms with Gasteiger partial charge in [0, 0.05) is 50.8 Å². The SMILES string of the molecule is COCCCOc1cc(C(=O)N(C(C)C)C2CN(Cc3ccccc3)CCC2c2ccccc2)ccc1OC. The van der Waals surface area contributed by atoms with Crippen molar-refractivity contribution in [1.82, 2.24) is 9.80 Å². The summed E-state index contributed by atoms with van der Waals surface area (Å²) in [6, 6.07) is 26.8. The molecule has 1 aliphatic heterocycles. The van der Waals surface area contributed by atoms with E-state index in [1.165, 1.54) is 11.1 Å². The minimum absolute atomic E-state index is 0.0156. The van der Waals surface area contributed by atoms with Crippen molar-refractivity contribution in [2.24, 2.45) is 0 Å². The number of likely N-dealkylation sites (tertiary alicyclic amines) is 1. The van der Waals surface area contributed by atoms with Crippen molar-refractivity contribution in [2.75, 3.05) is 40.5 Å². The third kappa shape index (κ3) is 7.40. The van der Waals surface area contributed by atoms with Gasteiger partial charge in [0.15, 0.2) is 11.5 Å². The van der Waals surface area contributed by atoms with E-state index in [4.69, 9.17) is 14.2 Å². The van der Waals surface area contributed by atoms with Crippen molar-refractivity contribution >= 4 is 5.91 Å². The molecule has 0 spiro atoms. The molecule has 0 radical (unpaired) electrons. The molecule has 6 heteroatoms. The average Bonchev–Trinajstić information content (AvgIpc) is 2.96. The van der Waals surface area contributed by atoms with Gasteiger partial charge in [0.25, 0.3) is 5.91 Å². The summed E-state index contributed by atoms with van der Waals surface area (Å²) in [4.78, 5) is 18.8. The Balaban J connectivity index is 1.63. The predicted octanol–water partition coefficient (Wildman–Crippen LogP) is 6.02. The lowest BCUT2D eigenvalue weighted by Gasteiger charge is -2.46. The Morgan fingerprint density at radius 2 is 1.67 bits per heavy atom. The van der Waals surface area contributed by atoms with E-state index >= 15 is 0 Å². The second-order valence-electron chi connectivity index (χ2n) is 10.5.